The highest BCUT2D eigenvalue weighted by Crippen LogP contribution is 2.35. The number of aryl methyl sites for hydroxylation is 1. The SMILES string of the molecule is COc1ccc(CNC(=O)c2cc3c(s2)N(C)CCC3)c(OC)c1. The standard InChI is InChI=1S/C18H22N2O3S/c1-20-8-4-5-12-9-16(24-18(12)20)17(21)19-11-13-6-7-14(22-2)10-15(13)23-3/h6-7,9-10H,4-5,8,11H2,1-3H3,(H,19,21). The number of carbonyl (C=O) groups is 1. The highest BCUT2D eigenvalue weighted by atomic mass is 32.1. The number of carbonyl (C=O) groups excluding carboxylic acids is 1. The fourth-order valence-electron chi connectivity index (χ4n) is 2.90. The molecule has 24 heavy (non-hydrogen) atoms. The van der Waals surface area contributed by atoms with Gasteiger partial charge in [-0.2, -0.15) is 0 Å². The van der Waals surface area contributed by atoms with Gasteiger partial charge in [0.1, 0.15) is 11.5 Å². The molecule has 1 aliphatic heterocycles. The molecular formula is C18H22N2O3S. The van der Waals surface area contributed by atoms with Gasteiger partial charge in [0.15, 0.2) is 0 Å². The molecule has 0 aliphatic carbocycles. The van der Waals surface area contributed by atoms with Gasteiger partial charge in [0.05, 0.1) is 24.1 Å². The average molecular weight is 346 g/mol. The first kappa shape index (κ1) is 16.6. The van der Waals surface area contributed by atoms with Crippen LogP contribution >= 0.6 is 11.3 Å². The second-order valence-electron chi connectivity index (χ2n) is 5.83. The molecule has 2 aromatic rings. The summed E-state index contributed by atoms with van der Waals surface area (Å²) in [6.45, 7) is 1.47. The molecule has 1 N–H and O–H groups in total. The number of hydrogen-bond acceptors (Lipinski definition) is 5. The van der Waals surface area contributed by atoms with Crippen molar-refractivity contribution in [3.8, 4) is 11.5 Å². The van der Waals surface area contributed by atoms with E-state index in [-0.39, 0.29) is 5.91 Å². The number of thiophene rings is 1. The molecule has 128 valence electrons. The Kier molecular flexibility index (Phi) is 4.94. The maximum Gasteiger partial charge on any atom is 0.261 e. The van der Waals surface area contributed by atoms with Gasteiger partial charge in [-0.1, -0.05) is 0 Å². The fraction of sp³-hybridized carbons (Fsp3) is 0.389. The zero-order chi connectivity index (χ0) is 17.1. The average Bonchev–Trinajstić information content (AvgIpc) is 3.05. The normalized spacial score (nSPS) is 13.4. The van der Waals surface area contributed by atoms with Crippen molar-refractivity contribution in [3.63, 3.8) is 0 Å². The minimum atomic E-state index is -0.0410. The second-order valence-corrected chi connectivity index (χ2v) is 6.86. The lowest BCUT2D eigenvalue weighted by Crippen LogP contribution is -2.22. The van der Waals surface area contributed by atoms with Crippen LogP contribution < -0.4 is 19.7 Å². The molecule has 1 amide bonds. The molecule has 2 heterocycles. The first-order chi connectivity index (χ1) is 11.6. The molecule has 5 nitrogen and oxygen atoms in total. The summed E-state index contributed by atoms with van der Waals surface area (Å²) in [5, 5.41) is 4.20. The molecule has 0 saturated carbocycles. The van der Waals surface area contributed by atoms with Crippen LogP contribution in [0.5, 0.6) is 11.5 Å². The number of amides is 1. The van der Waals surface area contributed by atoms with Gasteiger partial charge in [0.25, 0.3) is 5.91 Å². The van der Waals surface area contributed by atoms with E-state index in [0.717, 1.165) is 35.6 Å². The van der Waals surface area contributed by atoms with Crippen LogP contribution in [0, 0.1) is 0 Å². The summed E-state index contributed by atoms with van der Waals surface area (Å²) in [4.78, 5) is 15.5. The Morgan fingerprint density at radius 2 is 2.12 bits per heavy atom. The van der Waals surface area contributed by atoms with Crippen LogP contribution in [0.15, 0.2) is 24.3 Å². The van der Waals surface area contributed by atoms with Crippen LogP contribution in [-0.4, -0.2) is 33.7 Å². The molecule has 1 aromatic carbocycles. The molecule has 6 heteroatoms. The van der Waals surface area contributed by atoms with Gasteiger partial charge in [-0.15, -0.1) is 11.3 Å². The van der Waals surface area contributed by atoms with E-state index in [9.17, 15) is 4.79 Å². The van der Waals surface area contributed by atoms with Crippen LogP contribution in [0.4, 0.5) is 5.00 Å². The van der Waals surface area contributed by atoms with Gasteiger partial charge < -0.3 is 19.7 Å². The molecule has 0 unspecified atom stereocenters. The van der Waals surface area contributed by atoms with Gasteiger partial charge in [0.2, 0.25) is 0 Å². The van der Waals surface area contributed by atoms with Crippen LogP contribution in [-0.2, 0) is 13.0 Å². The van der Waals surface area contributed by atoms with E-state index in [4.69, 9.17) is 9.47 Å². The van der Waals surface area contributed by atoms with E-state index in [1.807, 2.05) is 24.3 Å². The molecular weight excluding hydrogens is 324 g/mol. The summed E-state index contributed by atoms with van der Waals surface area (Å²) in [5.74, 6) is 1.40. The minimum Gasteiger partial charge on any atom is -0.497 e. The molecule has 0 atom stereocenters. The first-order valence-corrected chi connectivity index (χ1v) is 8.77. The molecule has 0 bridgehead atoms. The number of rotatable bonds is 5. The highest BCUT2D eigenvalue weighted by molar-refractivity contribution is 7.18. The largest absolute Gasteiger partial charge is 0.497 e. The maximum absolute atomic E-state index is 12.5. The fourth-order valence-corrected chi connectivity index (χ4v) is 4.02. The Bertz CT molecular complexity index is 742. The van der Waals surface area contributed by atoms with E-state index in [2.05, 4.69) is 17.3 Å². The van der Waals surface area contributed by atoms with Crippen molar-refractivity contribution in [2.24, 2.45) is 0 Å². The third kappa shape index (κ3) is 3.33. The number of anilines is 1. The van der Waals surface area contributed by atoms with Gasteiger partial charge in [-0.25, -0.2) is 0 Å². The zero-order valence-electron chi connectivity index (χ0n) is 14.2. The smallest absolute Gasteiger partial charge is 0.261 e. The van der Waals surface area contributed by atoms with Crippen molar-refractivity contribution in [1.82, 2.24) is 5.32 Å². The Balaban J connectivity index is 1.70. The Morgan fingerprint density at radius 1 is 1.29 bits per heavy atom. The Hall–Kier alpha value is -2.21. The Labute approximate surface area is 146 Å². The van der Waals surface area contributed by atoms with Gasteiger partial charge in [-0.05, 0) is 36.6 Å². The maximum atomic E-state index is 12.5. The quantitative estimate of drug-likeness (QED) is 0.904. The predicted molar refractivity (Wildman–Crippen MR) is 96.6 cm³/mol. The lowest BCUT2D eigenvalue weighted by Gasteiger charge is -2.23. The number of methoxy groups -OCH3 is 2. The summed E-state index contributed by atoms with van der Waals surface area (Å²) in [6.07, 6.45) is 2.19. The van der Waals surface area contributed by atoms with Crippen molar-refractivity contribution in [2.75, 3.05) is 32.7 Å². The van der Waals surface area contributed by atoms with E-state index in [0.29, 0.717) is 12.3 Å². The number of nitrogens with one attached hydrogen (secondary N) is 1. The highest BCUT2D eigenvalue weighted by Gasteiger charge is 2.20. The summed E-state index contributed by atoms with van der Waals surface area (Å²) in [5.41, 5.74) is 2.20. The third-order valence-corrected chi connectivity index (χ3v) is 5.52. The second kappa shape index (κ2) is 7.13. The van der Waals surface area contributed by atoms with E-state index < -0.39 is 0 Å². The molecule has 0 radical (unpaired) electrons. The van der Waals surface area contributed by atoms with Crippen molar-refractivity contribution in [2.45, 2.75) is 19.4 Å². The van der Waals surface area contributed by atoms with E-state index in [1.165, 1.54) is 10.6 Å². The summed E-state index contributed by atoms with van der Waals surface area (Å²) < 4.78 is 10.6. The summed E-state index contributed by atoms with van der Waals surface area (Å²) >= 11 is 1.57. The van der Waals surface area contributed by atoms with Crippen LogP contribution in [0.3, 0.4) is 0 Å². The van der Waals surface area contributed by atoms with Gasteiger partial charge in [0, 0.05) is 31.8 Å². The van der Waals surface area contributed by atoms with Crippen molar-refractivity contribution >= 4 is 22.2 Å². The number of hydrogen-bond donors (Lipinski definition) is 1. The van der Waals surface area contributed by atoms with Crippen LogP contribution in [0.25, 0.3) is 0 Å². The third-order valence-electron chi connectivity index (χ3n) is 4.23. The first-order valence-electron chi connectivity index (χ1n) is 7.95. The lowest BCUT2D eigenvalue weighted by molar-refractivity contribution is 0.0954. The van der Waals surface area contributed by atoms with Crippen molar-refractivity contribution < 1.29 is 14.3 Å². The van der Waals surface area contributed by atoms with E-state index >= 15 is 0 Å². The summed E-state index contributed by atoms with van der Waals surface area (Å²) in [7, 11) is 5.31. The molecule has 0 spiro atoms. The molecule has 1 aliphatic rings. The van der Waals surface area contributed by atoms with E-state index in [1.54, 1.807) is 25.6 Å². The number of nitrogens with zero attached hydrogens (tertiary/aromatic N) is 1. The van der Waals surface area contributed by atoms with Crippen LogP contribution in [0.1, 0.15) is 27.2 Å². The van der Waals surface area contributed by atoms with Crippen molar-refractivity contribution in [1.29, 1.82) is 0 Å². The van der Waals surface area contributed by atoms with Gasteiger partial charge >= 0.3 is 0 Å². The number of ether oxygens (including phenoxy) is 2. The molecule has 0 fully saturated rings. The number of fused-ring (bicyclic) bond motifs is 1. The molecule has 0 saturated heterocycles. The van der Waals surface area contributed by atoms with Gasteiger partial charge in [-0.3, -0.25) is 4.79 Å². The monoisotopic (exact) mass is 346 g/mol. The summed E-state index contributed by atoms with van der Waals surface area (Å²) in [6, 6.07) is 7.62. The zero-order valence-corrected chi connectivity index (χ0v) is 15.0. The van der Waals surface area contributed by atoms with Crippen LogP contribution in [0.2, 0.25) is 0 Å². The topological polar surface area (TPSA) is 50.8 Å². The Morgan fingerprint density at radius 3 is 2.83 bits per heavy atom. The predicted octanol–water partition coefficient (Wildman–Crippen LogP) is 3.08. The number of benzene rings is 1. The molecule has 3 rings (SSSR count). The van der Waals surface area contributed by atoms with Crippen molar-refractivity contribution in [3.05, 3.63) is 40.3 Å². The molecule has 1 aromatic heterocycles. The minimum absolute atomic E-state index is 0.0410. The lowest BCUT2D eigenvalue weighted by atomic mass is 10.1.